The summed E-state index contributed by atoms with van der Waals surface area (Å²) >= 11 is 2.69. The van der Waals surface area contributed by atoms with Crippen LogP contribution in [0.4, 0.5) is 0 Å². The Morgan fingerprint density at radius 3 is 2.82 bits per heavy atom. The van der Waals surface area contributed by atoms with E-state index in [1.165, 1.54) is 29.6 Å². The maximum Gasteiger partial charge on any atom is 0.312 e. The SMILES string of the molecule is CC(=O)NCc1ccc(C(=O)COC(=O)Cc2csc(-c3cccnc3)n2)s1. The van der Waals surface area contributed by atoms with Crippen LogP contribution >= 0.6 is 22.7 Å². The number of Topliss-reactive ketones (excluding diaryl/α,β-unsaturated/α-hetero) is 1. The number of amides is 1. The summed E-state index contributed by atoms with van der Waals surface area (Å²) in [5, 5.41) is 5.24. The quantitative estimate of drug-likeness (QED) is 0.449. The van der Waals surface area contributed by atoms with Gasteiger partial charge < -0.3 is 10.1 Å². The van der Waals surface area contributed by atoms with Crippen LogP contribution in [0.5, 0.6) is 0 Å². The van der Waals surface area contributed by atoms with Crippen LogP contribution < -0.4 is 5.32 Å². The zero-order valence-electron chi connectivity index (χ0n) is 15.0. The van der Waals surface area contributed by atoms with Crippen LogP contribution in [0, 0.1) is 0 Å². The van der Waals surface area contributed by atoms with Gasteiger partial charge in [-0.15, -0.1) is 22.7 Å². The van der Waals surface area contributed by atoms with Crippen LogP contribution in [0.3, 0.4) is 0 Å². The lowest BCUT2D eigenvalue weighted by Crippen LogP contribution is -2.18. The average molecular weight is 415 g/mol. The first-order chi connectivity index (χ1) is 13.5. The second kappa shape index (κ2) is 9.34. The third kappa shape index (κ3) is 5.54. The van der Waals surface area contributed by atoms with Gasteiger partial charge in [0, 0.05) is 35.1 Å². The van der Waals surface area contributed by atoms with Gasteiger partial charge in [-0.05, 0) is 24.3 Å². The highest BCUT2D eigenvalue weighted by molar-refractivity contribution is 7.14. The number of rotatable bonds is 8. The van der Waals surface area contributed by atoms with Crippen molar-refractivity contribution in [3.8, 4) is 10.6 Å². The largest absolute Gasteiger partial charge is 0.457 e. The highest BCUT2D eigenvalue weighted by Gasteiger charge is 2.14. The number of carbonyl (C=O) groups is 3. The zero-order valence-corrected chi connectivity index (χ0v) is 16.6. The Kier molecular flexibility index (Phi) is 6.62. The van der Waals surface area contributed by atoms with Gasteiger partial charge in [0.15, 0.2) is 6.61 Å². The van der Waals surface area contributed by atoms with Crippen molar-refractivity contribution < 1.29 is 19.1 Å². The molecule has 0 atom stereocenters. The standard InChI is InChI=1S/C19H17N3O4S2/c1-12(23)21-9-15-4-5-17(28-15)16(24)10-26-18(25)7-14-11-27-19(22-14)13-3-2-6-20-8-13/h2-6,8,11H,7,9-10H2,1H3,(H,21,23). The third-order valence-corrected chi connectivity index (χ3v) is 5.66. The second-order valence-corrected chi connectivity index (χ2v) is 7.85. The number of ketones is 1. The normalized spacial score (nSPS) is 10.5. The molecule has 0 aliphatic carbocycles. The van der Waals surface area contributed by atoms with E-state index in [1.54, 1.807) is 29.9 Å². The Balaban J connectivity index is 1.48. The summed E-state index contributed by atoms with van der Waals surface area (Å²) in [4.78, 5) is 44.9. The molecule has 28 heavy (non-hydrogen) atoms. The van der Waals surface area contributed by atoms with Crippen LogP contribution in [0.25, 0.3) is 10.6 Å². The summed E-state index contributed by atoms with van der Waals surface area (Å²) in [7, 11) is 0. The minimum absolute atomic E-state index is 0.00225. The molecular weight excluding hydrogens is 398 g/mol. The third-order valence-electron chi connectivity index (χ3n) is 3.60. The van der Waals surface area contributed by atoms with Gasteiger partial charge >= 0.3 is 5.97 Å². The summed E-state index contributed by atoms with van der Waals surface area (Å²) < 4.78 is 5.09. The summed E-state index contributed by atoms with van der Waals surface area (Å²) in [5.41, 5.74) is 1.48. The number of hydrogen-bond donors (Lipinski definition) is 1. The molecule has 0 unspecified atom stereocenters. The van der Waals surface area contributed by atoms with Crippen molar-refractivity contribution >= 4 is 40.3 Å². The molecule has 0 aromatic carbocycles. The van der Waals surface area contributed by atoms with Crippen molar-refractivity contribution in [1.29, 1.82) is 0 Å². The van der Waals surface area contributed by atoms with E-state index in [9.17, 15) is 14.4 Å². The molecule has 7 nitrogen and oxygen atoms in total. The number of nitrogens with zero attached hydrogens (tertiary/aromatic N) is 2. The fraction of sp³-hybridized carbons (Fsp3) is 0.211. The zero-order chi connectivity index (χ0) is 19.9. The molecule has 0 aliphatic heterocycles. The number of thiophene rings is 1. The summed E-state index contributed by atoms with van der Waals surface area (Å²) in [6, 6.07) is 7.15. The maximum absolute atomic E-state index is 12.2. The van der Waals surface area contributed by atoms with Crippen molar-refractivity contribution in [2.75, 3.05) is 6.61 Å². The van der Waals surface area contributed by atoms with E-state index in [0.717, 1.165) is 15.4 Å². The highest BCUT2D eigenvalue weighted by atomic mass is 32.1. The van der Waals surface area contributed by atoms with E-state index >= 15 is 0 Å². The Bertz CT molecular complexity index is 982. The topological polar surface area (TPSA) is 98.2 Å². The van der Waals surface area contributed by atoms with Crippen LogP contribution in [0.1, 0.15) is 27.2 Å². The van der Waals surface area contributed by atoms with E-state index in [0.29, 0.717) is 17.1 Å². The minimum Gasteiger partial charge on any atom is -0.457 e. The molecule has 144 valence electrons. The predicted molar refractivity (Wildman–Crippen MR) is 106 cm³/mol. The van der Waals surface area contributed by atoms with E-state index in [1.807, 2.05) is 12.1 Å². The maximum atomic E-state index is 12.2. The molecule has 3 rings (SSSR count). The van der Waals surface area contributed by atoms with Gasteiger partial charge in [-0.3, -0.25) is 19.4 Å². The highest BCUT2D eigenvalue weighted by Crippen LogP contribution is 2.23. The number of pyridine rings is 1. The molecule has 0 saturated heterocycles. The fourth-order valence-corrected chi connectivity index (χ4v) is 3.94. The number of thiazole rings is 1. The van der Waals surface area contributed by atoms with Gasteiger partial charge in [-0.1, -0.05) is 0 Å². The number of nitrogens with one attached hydrogen (secondary N) is 1. The summed E-state index contributed by atoms with van der Waals surface area (Å²) in [6.07, 6.45) is 3.39. The summed E-state index contributed by atoms with van der Waals surface area (Å²) in [6.45, 7) is 1.48. The molecule has 0 bridgehead atoms. The number of hydrogen-bond acceptors (Lipinski definition) is 8. The van der Waals surface area contributed by atoms with Crippen LogP contribution in [0.15, 0.2) is 42.0 Å². The van der Waals surface area contributed by atoms with Gasteiger partial charge in [0.25, 0.3) is 0 Å². The van der Waals surface area contributed by atoms with E-state index in [-0.39, 0.29) is 24.7 Å². The Morgan fingerprint density at radius 1 is 1.21 bits per heavy atom. The molecule has 0 saturated carbocycles. The lowest BCUT2D eigenvalue weighted by Gasteiger charge is -2.02. The molecule has 0 spiro atoms. The van der Waals surface area contributed by atoms with Crippen LogP contribution in [-0.4, -0.2) is 34.2 Å². The van der Waals surface area contributed by atoms with Gasteiger partial charge in [0.2, 0.25) is 11.7 Å². The first-order valence-corrected chi connectivity index (χ1v) is 10.1. The van der Waals surface area contributed by atoms with Gasteiger partial charge in [0.1, 0.15) is 5.01 Å². The van der Waals surface area contributed by atoms with Crippen LogP contribution in [0.2, 0.25) is 0 Å². The molecule has 1 N–H and O–H groups in total. The monoisotopic (exact) mass is 415 g/mol. The number of carbonyl (C=O) groups excluding carboxylic acids is 3. The second-order valence-electron chi connectivity index (χ2n) is 5.82. The lowest BCUT2D eigenvalue weighted by molar-refractivity contribution is -0.141. The van der Waals surface area contributed by atoms with Crippen molar-refractivity contribution in [3.05, 3.63) is 57.5 Å². The molecule has 3 aromatic heterocycles. The number of ether oxygens (including phenoxy) is 1. The van der Waals surface area contributed by atoms with Gasteiger partial charge in [-0.2, -0.15) is 0 Å². The van der Waals surface area contributed by atoms with Crippen molar-refractivity contribution in [2.45, 2.75) is 19.9 Å². The average Bonchev–Trinajstić information content (AvgIpc) is 3.35. The Morgan fingerprint density at radius 2 is 2.07 bits per heavy atom. The van der Waals surface area contributed by atoms with E-state index in [2.05, 4.69) is 15.3 Å². The van der Waals surface area contributed by atoms with Crippen molar-refractivity contribution in [2.24, 2.45) is 0 Å². The molecule has 0 fully saturated rings. The van der Waals surface area contributed by atoms with E-state index < -0.39 is 5.97 Å². The molecule has 3 aromatic rings. The molecular formula is C19H17N3O4S2. The first-order valence-electron chi connectivity index (χ1n) is 8.38. The number of aromatic nitrogens is 2. The molecule has 0 radical (unpaired) electrons. The van der Waals surface area contributed by atoms with Gasteiger partial charge in [0.05, 0.1) is 23.5 Å². The summed E-state index contributed by atoms with van der Waals surface area (Å²) in [5.74, 6) is -0.919. The fourth-order valence-electron chi connectivity index (χ4n) is 2.26. The molecule has 3 heterocycles. The smallest absolute Gasteiger partial charge is 0.312 e. The lowest BCUT2D eigenvalue weighted by atomic mass is 10.3. The molecule has 1 amide bonds. The first kappa shape index (κ1) is 19.8. The van der Waals surface area contributed by atoms with Crippen LogP contribution in [-0.2, 0) is 27.3 Å². The predicted octanol–water partition coefficient (Wildman–Crippen LogP) is 2.87. The number of esters is 1. The Labute approximate surface area is 169 Å². The Hall–Kier alpha value is -2.91. The molecule has 9 heteroatoms. The minimum atomic E-state index is -0.508. The van der Waals surface area contributed by atoms with Crippen molar-refractivity contribution in [1.82, 2.24) is 15.3 Å². The van der Waals surface area contributed by atoms with E-state index in [4.69, 9.17) is 4.74 Å². The molecule has 0 aliphatic rings. The van der Waals surface area contributed by atoms with Crippen molar-refractivity contribution in [3.63, 3.8) is 0 Å². The van der Waals surface area contributed by atoms with Gasteiger partial charge in [-0.25, -0.2) is 4.98 Å².